The van der Waals surface area contributed by atoms with Crippen LogP contribution in [-0.2, 0) is 33.9 Å². The number of ether oxygens (including phenoxy) is 3. The van der Waals surface area contributed by atoms with Crippen LogP contribution in [-0.4, -0.2) is 24.2 Å². The number of nitrogens with one attached hydrogen (secondary N) is 2. The minimum Gasteiger partial charge on any atom is -0.445 e. The molecule has 4 aromatic carbocycles. The van der Waals surface area contributed by atoms with Gasteiger partial charge in [0.05, 0.1) is 6.04 Å². The first kappa shape index (κ1) is 28.9. The summed E-state index contributed by atoms with van der Waals surface area (Å²) < 4.78 is 15.8. The van der Waals surface area contributed by atoms with Gasteiger partial charge in [-0.1, -0.05) is 103 Å². The highest BCUT2D eigenvalue weighted by molar-refractivity contribution is 5.86. The van der Waals surface area contributed by atoms with Crippen LogP contribution in [0.2, 0.25) is 0 Å². The molecule has 2 atom stereocenters. The number of hydrogen-bond donors (Lipinski definition) is 2. The summed E-state index contributed by atoms with van der Waals surface area (Å²) in [6, 6.07) is 33.6. The molecule has 2 N–H and O–H groups in total. The van der Waals surface area contributed by atoms with Crippen LogP contribution in [0.5, 0.6) is 5.75 Å². The van der Waals surface area contributed by atoms with Crippen LogP contribution in [0.15, 0.2) is 115 Å². The van der Waals surface area contributed by atoms with Crippen molar-refractivity contribution in [3.8, 4) is 5.75 Å². The zero-order valence-electron chi connectivity index (χ0n) is 22.7. The van der Waals surface area contributed by atoms with E-state index in [0.29, 0.717) is 5.75 Å². The van der Waals surface area contributed by atoms with Crippen molar-refractivity contribution in [3.05, 3.63) is 138 Å². The van der Waals surface area contributed by atoms with Crippen LogP contribution < -0.4 is 15.4 Å². The largest absolute Gasteiger partial charge is 0.514 e. The predicted octanol–water partition coefficient (Wildman–Crippen LogP) is 6.12. The van der Waals surface area contributed by atoms with Crippen LogP contribution in [0.3, 0.4) is 0 Å². The number of hydrogen-bond acceptors (Lipinski definition) is 6. The molecule has 0 aliphatic carbocycles. The van der Waals surface area contributed by atoms with Gasteiger partial charge in [-0.15, -0.1) is 0 Å². The van der Waals surface area contributed by atoms with Crippen LogP contribution in [0.25, 0.3) is 0 Å². The van der Waals surface area contributed by atoms with Gasteiger partial charge in [-0.05, 0) is 41.3 Å². The van der Waals surface area contributed by atoms with E-state index < -0.39 is 18.3 Å². The Balaban J connectivity index is 1.37. The molecule has 2 amide bonds. The van der Waals surface area contributed by atoms with E-state index in [1.165, 1.54) is 0 Å². The second-order valence-corrected chi connectivity index (χ2v) is 9.37. The molecule has 0 spiro atoms. The molecular formula is C33H32N2O6. The van der Waals surface area contributed by atoms with Gasteiger partial charge in [0.1, 0.15) is 25.0 Å². The van der Waals surface area contributed by atoms with Crippen LogP contribution in [0.1, 0.15) is 35.2 Å². The molecule has 0 aliphatic heterocycles. The van der Waals surface area contributed by atoms with E-state index >= 15 is 0 Å². The van der Waals surface area contributed by atoms with Gasteiger partial charge in [-0.2, -0.15) is 0 Å². The predicted molar refractivity (Wildman–Crippen MR) is 154 cm³/mol. The smallest absolute Gasteiger partial charge is 0.445 e. The summed E-state index contributed by atoms with van der Waals surface area (Å²) in [5.41, 5.74) is 3.36. The topological polar surface area (TPSA) is 103 Å². The van der Waals surface area contributed by atoms with Crippen molar-refractivity contribution in [1.29, 1.82) is 0 Å². The number of benzene rings is 4. The molecule has 0 heterocycles. The average Bonchev–Trinajstić information content (AvgIpc) is 3.01. The molecule has 0 aliphatic rings. The van der Waals surface area contributed by atoms with E-state index in [1.54, 1.807) is 24.3 Å². The maximum absolute atomic E-state index is 13.3. The van der Waals surface area contributed by atoms with Gasteiger partial charge in [0.2, 0.25) is 5.91 Å². The Bertz CT molecular complexity index is 1400. The van der Waals surface area contributed by atoms with Gasteiger partial charge in [-0.25, -0.2) is 9.59 Å². The standard InChI is InChI=1S/C33H32N2O6/c1-24(28-15-9-4-10-16-28)34-31(36)30(35-32(37)39-22-26-11-5-2-6-12-26)21-25-17-19-29(20-18-25)41-33(38)40-23-27-13-7-3-8-14-27/h2-20,24,30H,21-23H2,1H3,(H,34,36)(H,35,37)/t24-,30-/m1/s1. The molecule has 0 fully saturated rings. The third-order valence-corrected chi connectivity index (χ3v) is 6.24. The molecule has 4 rings (SSSR count). The number of carbonyl (C=O) groups excluding carboxylic acids is 3. The number of rotatable bonds is 11. The highest BCUT2D eigenvalue weighted by atomic mass is 16.7. The Hall–Kier alpha value is -5.11. The molecule has 0 bridgehead atoms. The normalized spacial score (nSPS) is 11.9. The zero-order valence-corrected chi connectivity index (χ0v) is 22.7. The Morgan fingerprint density at radius 2 is 1.17 bits per heavy atom. The summed E-state index contributed by atoms with van der Waals surface area (Å²) in [4.78, 5) is 38.0. The van der Waals surface area contributed by atoms with Gasteiger partial charge >= 0.3 is 12.2 Å². The average molecular weight is 553 g/mol. The molecule has 41 heavy (non-hydrogen) atoms. The second-order valence-electron chi connectivity index (χ2n) is 9.37. The maximum Gasteiger partial charge on any atom is 0.514 e. The monoisotopic (exact) mass is 552 g/mol. The fourth-order valence-corrected chi connectivity index (χ4v) is 4.03. The molecule has 0 unspecified atom stereocenters. The van der Waals surface area contributed by atoms with Crippen molar-refractivity contribution in [1.82, 2.24) is 10.6 Å². The summed E-state index contributed by atoms with van der Waals surface area (Å²) in [5.74, 6) is -0.0661. The molecule has 0 aromatic heterocycles. The lowest BCUT2D eigenvalue weighted by Gasteiger charge is -2.22. The van der Waals surface area contributed by atoms with Gasteiger partial charge in [-0.3, -0.25) is 4.79 Å². The van der Waals surface area contributed by atoms with Crippen molar-refractivity contribution in [2.24, 2.45) is 0 Å². The second kappa shape index (κ2) is 14.9. The minimum absolute atomic E-state index is 0.0772. The fraction of sp³-hybridized carbons (Fsp3) is 0.182. The number of carbonyl (C=O) groups is 3. The highest BCUT2D eigenvalue weighted by Crippen LogP contribution is 2.16. The highest BCUT2D eigenvalue weighted by Gasteiger charge is 2.24. The van der Waals surface area contributed by atoms with Crippen LogP contribution in [0.4, 0.5) is 9.59 Å². The molecule has 0 radical (unpaired) electrons. The number of alkyl carbamates (subject to hydrolysis) is 1. The SMILES string of the molecule is C[C@@H](NC(=O)[C@@H](Cc1ccc(OC(=O)OCc2ccccc2)cc1)NC(=O)OCc1ccccc1)c1ccccc1. The van der Waals surface area contributed by atoms with Crippen molar-refractivity contribution in [2.45, 2.75) is 38.6 Å². The Kier molecular flexibility index (Phi) is 10.5. The third-order valence-electron chi connectivity index (χ3n) is 6.24. The lowest BCUT2D eigenvalue weighted by molar-refractivity contribution is -0.123. The lowest BCUT2D eigenvalue weighted by Crippen LogP contribution is -2.48. The van der Waals surface area contributed by atoms with Gasteiger partial charge in [0.25, 0.3) is 0 Å². The van der Waals surface area contributed by atoms with E-state index in [9.17, 15) is 14.4 Å². The van der Waals surface area contributed by atoms with E-state index in [2.05, 4.69) is 10.6 Å². The molecule has 0 saturated heterocycles. The first-order valence-corrected chi connectivity index (χ1v) is 13.3. The Morgan fingerprint density at radius 3 is 1.76 bits per heavy atom. The van der Waals surface area contributed by atoms with Gasteiger partial charge in [0, 0.05) is 6.42 Å². The van der Waals surface area contributed by atoms with Crippen LogP contribution in [0, 0.1) is 0 Å². The van der Waals surface area contributed by atoms with Crippen molar-refractivity contribution < 1.29 is 28.6 Å². The minimum atomic E-state index is -0.910. The Labute approximate surface area is 239 Å². The first-order chi connectivity index (χ1) is 20.0. The number of amides is 2. The van der Waals surface area contributed by atoms with E-state index in [-0.39, 0.29) is 31.6 Å². The maximum atomic E-state index is 13.3. The summed E-state index contributed by atoms with van der Waals surface area (Å²) in [7, 11) is 0. The molecular weight excluding hydrogens is 520 g/mol. The Morgan fingerprint density at radius 1 is 0.634 bits per heavy atom. The fourth-order valence-electron chi connectivity index (χ4n) is 4.03. The van der Waals surface area contributed by atoms with Gasteiger partial charge in [0.15, 0.2) is 0 Å². The third kappa shape index (κ3) is 9.54. The summed E-state index contributed by atoms with van der Waals surface area (Å²) in [5, 5.41) is 5.66. The zero-order chi connectivity index (χ0) is 28.9. The first-order valence-electron chi connectivity index (χ1n) is 13.3. The lowest BCUT2D eigenvalue weighted by atomic mass is 10.0. The molecule has 4 aromatic rings. The van der Waals surface area contributed by atoms with Crippen LogP contribution >= 0.6 is 0 Å². The van der Waals surface area contributed by atoms with E-state index in [0.717, 1.165) is 22.3 Å². The molecule has 0 saturated carbocycles. The summed E-state index contributed by atoms with van der Waals surface area (Å²) in [6.45, 7) is 2.05. The summed E-state index contributed by atoms with van der Waals surface area (Å²) in [6.07, 6.45) is -1.34. The van der Waals surface area contributed by atoms with E-state index in [4.69, 9.17) is 14.2 Å². The van der Waals surface area contributed by atoms with Crippen molar-refractivity contribution in [3.63, 3.8) is 0 Å². The molecule has 8 heteroatoms. The van der Waals surface area contributed by atoms with Crippen molar-refractivity contribution >= 4 is 18.2 Å². The molecule has 210 valence electrons. The van der Waals surface area contributed by atoms with E-state index in [1.807, 2.05) is 97.9 Å². The van der Waals surface area contributed by atoms with Gasteiger partial charge < -0.3 is 24.8 Å². The molecule has 8 nitrogen and oxygen atoms in total. The quantitative estimate of drug-likeness (QED) is 0.172. The van der Waals surface area contributed by atoms with Crippen molar-refractivity contribution in [2.75, 3.05) is 0 Å². The summed E-state index contributed by atoms with van der Waals surface area (Å²) >= 11 is 0.